The molecule has 1 atom stereocenters. The number of hydrogen-bond donors (Lipinski definition) is 1. The highest BCUT2D eigenvalue weighted by atomic mass is 19.1. The number of anilines is 1. The average Bonchev–Trinajstić information content (AvgIpc) is 3.17. The second-order valence-electron chi connectivity index (χ2n) is 7.21. The highest BCUT2D eigenvalue weighted by Crippen LogP contribution is 2.33. The lowest BCUT2D eigenvalue weighted by molar-refractivity contribution is -0.134. The van der Waals surface area contributed by atoms with Crippen LogP contribution in [0.15, 0.2) is 48.5 Å². The number of halogens is 1. The summed E-state index contributed by atoms with van der Waals surface area (Å²) in [5.41, 5.74) is 1.63. The molecule has 3 rings (SSSR count). The zero-order valence-electron chi connectivity index (χ0n) is 16.7. The second kappa shape index (κ2) is 9.52. The molecule has 0 radical (unpaired) electrons. The van der Waals surface area contributed by atoms with Gasteiger partial charge in [-0.3, -0.25) is 14.5 Å². The largest absolute Gasteiger partial charge is 0.497 e. The van der Waals surface area contributed by atoms with Crippen LogP contribution < -0.4 is 10.1 Å². The molecule has 2 aromatic carbocycles. The fourth-order valence-corrected chi connectivity index (χ4v) is 3.57. The number of carbonyl (C=O) groups excluding carboxylic acids is 2. The normalized spacial score (nSPS) is 16.4. The van der Waals surface area contributed by atoms with Crippen molar-refractivity contribution < 1.29 is 18.7 Å². The van der Waals surface area contributed by atoms with Gasteiger partial charge in [-0.25, -0.2) is 4.39 Å². The number of carbonyl (C=O) groups is 2. The van der Waals surface area contributed by atoms with Gasteiger partial charge in [-0.1, -0.05) is 12.1 Å². The molecule has 7 heteroatoms. The lowest BCUT2D eigenvalue weighted by Gasteiger charge is -2.27. The van der Waals surface area contributed by atoms with Crippen LogP contribution in [0.3, 0.4) is 0 Å². The fraction of sp³-hybridized carbons (Fsp3) is 0.364. The zero-order valence-corrected chi connectivity index (χ0v) is 16.7. The SMILES string of the molecule is COc1cccc(C2CCCN2CC(=O)N(C)CC(=O)Nc2ccc(F)cc2)c1. The van der Waals surface area contributed by atoms with Crippen molar-refractivity contribution in [3.8, 4) is 5.75 Å². The van der Waals surface area contributed by atoms with Crippen LogP contribution in [-0.4, -0.2) is 55.4 Å². The Morgan fingerprint density at radius 3 is 2.72 bits per heavy atom. The monoisotopic (exact) mass is 399 g/mol. The summed E-state index contributed by atoms with van der Waals surface area (Å²) < 4.78 is 18.3. The number of nitrogens with one attached hydrogen (secondary N) is 1. The molecule has 2 aromatic rings. The predicted octanol–water partition coefficient (Wildman–Crippen LogP) is 3.07. The molecule has 2 amide bonds. The topological polar surface area (TPSA) is 61.9 Å². The van der Waals surface area contributed by atoms with E-state index in [2.05, 4.69) is 16.3 Å². The van der Waals surface area contributed by atoms with Crippen LogP contribution >= 0.6 is 0 Å². The molecule has 1 N–H and O–H groups in total. The van der Waals surface area contributed by atoms with E-state index < -0.39 is 0 Å². The molecule has 0 aliphatic carbocycles. The molecule has 1 fully saturated rings. The van der Waals surface area contributed by atoms with Gasteiger partial charge in [0.2, 0.25) is 11.8 Å². The van der Waals surface area contributed by atoms with E-state index in [1.807, 2.05) is 18.2 Å². The molecule has 154 valence electrons. The van der Waals surface area contributed by atoms with Crippen molar-refractivity contribution in [2.24, 2.45) is 0 Å². The Morgan fingerprint density at radius 1 is 1.24 bits per heavy atom. The van der Waals surface area contributed by atoms with E-state index in [1.54, 1.807) is 14.2 Å². The Balaban J connectivity index is 1.55. The van der Waals surface area contributed by atoms with Gasteiger partial charge in [-0.05, 0) is 61.3 Å². The van der Waals surface area contributed by atoms with E-state index in [9.17, 15) is 14.0 Å². The van der Waals surface area contributed by atoms with Gasteiger partial charge in [0.1, 0.15) is 11.6 Å². The molecule has 1 unspecified atom stereocenters. The van der Waals surface area contributed by atoms with Crippen LogP contribution in [0.1, 0.15) is 24.4 Å². The van der Waals surface area contributed by atoms with Crippen LogP contribution in [-0.2, 0) is 9.59 Å². The molecule has 0 saturated carbocycles. The van der Waals surface area contributed by atoms with Crippen molar-refractivity contribution in [3.05, 3.63) is 59.9 Å². The first-order valence-electron chi connectivity index (χ1n) is 9.63. The predicted molar refractivity (Wildman–Crippen MR) is 109 cm³/mol. The molecule has 6 nitrogen and oxygen atoms in total. The highest BCUT2D eigenvalue weighted by molar-refractivity contribution is 5.94. The first-order chi connectivity index (χ1) is 14.0. The van der Waals surface area contributed by atoms with Crippen LogP contribution in [0.25, 0.3) is 0 Å². The van der Waals surface area contributed by atoms with Crippen LogP contribution in [0.4, 0.5) is 10.1 Å². The van der Waals surface area contributed by atoms with E-state index in [-0.39, 0.29) is 36.8 Å². The molecule has 1 aliphatic heterocycles. The van der Waals surface area contributed by atoms with Gasteiger partial charge in [0.25, 0.3) is 0 Å². The number of nitrogens with zero attached hydrogens (tertiary/aromatic N) is 2. The van der Waals surface area contributed by atoms with E-state index >= 15 is 0 Å². The molecule has 29 heavy (non-hydrogen) atoms. The van der Waals surface area contributed by atoms with Gasteiger partial charge in [0, 0.05) is 18.8 Å². The summed E-state index contributed by atoms with van der Waals surface area (Å²) >= 11 is 0. The third kappa shape index (κ3) is 5.54. The van der Waals surface area contributed by atoms with Gasteiger partial charge in [-0.15, -0.1) is 0 Å². The standard InChI is InChI=1S/C22H26FN3O3/c1-25(14-21(27)24-18-10-8-17(23)9-11-18)22(28)15-26-12-4-7-20(26)16-5-3-6-19(13-16)29-2/h3,5-6,8-11,13,20H,4,7,12,14-15H2,1-2H3,(H,24,27). The summed E-state index contributed by atoms with van der Waals surface area (Å²) in [6.07, 6.45) is 2.00. The van der Waals surface area contributed by atoms with Crippen LogP contribution in [0.2, 0.25) is 0 Å². The molecule has 1 heterocycles. The zero-order chi connectivity index (χ0) is 20.8. The van der Waals surface area contributed by atoms with Crippen molar-refractivity contribution in [1.29, 1.82) is 0 Å². The van der Waals surface area contributed by atoms with Gasteiger partial charge < -0.3 is 15.0 Å². The maximum absolute atomic E-state index is 13.0. The van der Waals surface area contributed by atoms with Crippen molar-refractivity contribution in [2.45, 2.75) is 18.9 Å². The van der Waals surface area contributed by atoms with Gasteiger partial charge in [-0.2, -0.15) is 0 Å². The minimum Gasteiger partial charge on any atom is -0.497 e. The molecule has 1 aliphatic rings. The van der Waals surface area contributed by atoms with Crippen molar-refractivity contribution >= 4 is 17.5 Å². The Kier molecular flexibility index (Phi) is 6.82. The van der Waals surface area contributed by atoms with E-state index in [0.29, 0.717) is 5.69 Å². The molecule has 1 saturated heterocycles. The Morgan fingerprint density at radius 2 is 2.00 bits per heavy atom. The van der Waals surface area contributed by atoms with Gasteiger partial charge >= 0.3 is 0 Å². The number of hydrogen-bond acceptors (Lipinski definition) is 4. The minimum atomic E-state index is -0.369. The summed E-state index contributed by atoms with van der Waals surface area (Å²) in [6.45, 7) is 1.03. The summed E-state index contributed by atoms with van der Waals surface area (Å²) in [7, 11) is 3.25. The van der Waals surface area contributed by atoms with E-state index in [1.165, 1.54) is 29.2 Å². The lowest BCUT2D eigenvalue weighted by atomic mass is 10.0. The van der Waals surface area contributed by atoms with Crippen molar-refractivity contribution in [3.63, 3.8) is 0 Å². The molecule has 0 bridgehead atoms. The van der Waals surface area contributed by atoms with Crippen molar-refractivity contribution in [2.75, 3.05) is 39.1 Å². The van der Waals surface area contributed by atoms with Crippen LogP contribution in [0.5, 0.6) is 5.75 Å². The average molecular weight is 399 g/mol. The number of benzene rings is 2. The molecule has 0 aromatic heterocycles. The van der Waals surface area contributed by atoms with E-state index in [0.717, 1.165) is 30.7 Å². The number of rotatable bonds is 7. The van der Waals surface area contributed by atoms with E-state index in [4.69, 9.17) is 4.74 Å². The van der Waals surface area contributed by atoms with Gasteiger partial charge in [0.15, 0.2) is 0 Å². The second-order valence-corrected chi connectivity index (χ2v) is 7.21. The highest BCUT2D eigenvalue weighted by Gasteiger charge is 2.29. The third-order valence-electron chi connectivity index (χ3n) is 5.12. The number of ether oxygens (including phenoxy) is 1. The Bertz CT molecular complexity index is 857. The van der Waals surface area contributed by atoms with Crippen LogP contribution in [0, 0.1) is 5.82 Å². The number of likely N-dealkylation sites (tertiary alicyclic amines) is 1. The summed E-state index contributed by atoms with van der Waals surface area (Å²) in [5, 5.41) is 2.67. The fourth-order valence-electron chi connectivity index (χ4n) is 3.57. The van der Waals surface area contributed by atoms with Crippen molar-refractivity contribution in [1.82, 2.24) is 9.80 Å². The number of likely N-dealkylation sites (N-methyl/N-ethyl adjacent to an activating group) is 1. The minimum absolute atomic E-state index is 0.0616. The maximum atomic E-state index is 13.0. The smallest absolute Gasteiger partial charge is 0.243 e. The third-order valence-corrected chi connectivity index (χ3v) is 5.12. The summed E-state index contributed by atoms with van der Waals surface area (Å²) in [5.74, 6) is -0.00552. The summed E-state index contributed by atoms with van der Waals surface area (Å²) in [4.78, 5) is 28.4. The first-order valence-corrected chi connectivity index (χ1v) is 9.63. The van der Waals surface area contributed by atoms with Gasteiger partial charge in [0.05, 0.1) is 20.2 Å². The lowest BCUT2D eigenvalue weighted by Crippen LogP contribution is -2.41. The Labute approximate surface area is 170 Å². The first kappa shape index (κ1) is 20.8. The Hall–Kier alpha value is -2.93. The molecule has 0 spiro atoms. The maximum Gasteiger partial charge on any atom is 0.243 e. The molecular formula is C22H26FN3O3. The molecular weight excluding hydrogens is 373 g/mol. The summed E-state index contributed by atoms with van der Waals surface area (Å²) in [6, 6.07) is 13.6. The number of methoxy groups -OCH3 is 1. The number of amides is 2. The quantitative estimate of drug-likeness (QED) is 0.777.